The Kier molecular flexibility index (Phi) is 4.74. The fraction of sp³-hybridized carbons (Fsp3) is 0.500. The highest BCUT2D eigenvalue weighted by Crippen LogP contribution is 2.16. The predicted octanol–water partition coefficient (Wildman–Crippen LogP) is 1.51. The quantitative estimate of drug-likeness (QED) is 0.773. The predicted molar refractivity (Wildman–Crippen MR) is 71.7 cm³/mol. The number of benzene rings is 1. The lowest BCUT2D eigenvalue weighted by atomic mass is 10.2. The van der Waals surface area contributed by atoms with Gasteiger partial charge in [0.05, 0.1) is 13.2 Å². The lowest BCUT2D eigenvalue weighted by Crippen LogP contribution is -2.48. The van der Waals surface area contributed by atoms with Gasteiger partial charge >= 0.3 is 5.97 Å². The zero-order valence-electron chi connectivity index (χ0n) is 11.1. The van der Waals surface area contributed by atoms with E-state index in [0.29, 0.717) is 13.2 Å². The van der Waals surface area contributed by atoms with Gasteiger partial charge in [-0.15, -0.1) is 0 Å². The van der Waals surface area contributed by atoms with Gasteiger partial charge in [0.2, 0.25) is 0 Å². The highest BCUT2D eigenvalue weighted by Gasteiger charge is 2.19. The van der Waals surface area contributed by atoms with E-state index in [9.17, 15) is 9.18 Å². The van der Waals surface area contributed by atoms with E-state index in [1.807, 2.05) is 6.92 Å². The van der Waals surface area contributed by atoms with Crippen molar-refractivity contribution >= 4 is 11.7 Å². The molecule has 1 aliphatic heterocycles. The van der Waals surface area contributed by atoms with Crippen molar-refractivity contribution in [1.82, 2.24) is 4.90 Å². The van der Waals surface area contributed by atoms with E-state index in [4.69, 9.17) is 4.74 Å². The van der Waals surface area contributed by atoms with E-state index in [0.717, 1.165) is 31.9 Å². The highest BCUT2D eigenvalue weighted by atomic mass is 19.1. The number of esters is 1. The third-order valence-corrected chi connectivity index (χ3v) is 3.22. The first-order valence-electron chi connectivity index (χ1n) is 6.57. The van der Waals surface area contributed by atoms with Crippen LogP contribution in [0.3, 0.4) is 0 Å². The Balaban J connectivity index is 1.82. The van der Waals surface area contributed by atoms with Gasteiger partial charge in [-0.3, -0.25) is 9.69 Å². The lowest BCUT2D eigenvalue weighted by Gasteiger charge is -2.35. The molecule has 1 aromatic rings. The molecule has 0 amide bonds. The lowest BCUT2D eigenvalue weighted by molar-refractivity contribution is -0.144. The summed E-state index contributed by atoms with van der Waals surface area (Å²) in [6, 6.07) is 6.52. The van der Waals surface area contributed by atoms with Gasteiger partial charge < -0.3 is 9.64 Å². The molecule has 104 valence electrons. The van der Waals surface area contributed by atoms with Crippen molar-refractivity contribution in [3.8, 4) is 0 Å². The highest BCUT2D eigenvalue weighted by molar-refractivity contribution is 5.71. The van der Waals surface area contributed by atoms with Gasteiger partial charge in [0.15, 0.2) is 0 Å². The van der Waals surface area contributed by atoms with Gasteiger partial charge in [0.25, 0.3) is 0 Å². The molecule has 0 saturated carbocycles. The van der Waals surface area contributed by atoms with E-state index < -0.39 is 0 Å². The largest absolute Gasteiger partial charge is 0.465 e. The van der Waals surface area contributed by atoms with Crippen LogP contribution in [0.1, 0.15) is 6.92 Å². The van der Waals surface area contributed by atoms with Crippen molar-refractivity contribution in [2.45, 2.75) is 6.92 Å². The Morgan fingerprint density at radius 3 is 2.42 bits per heavy atom. The SMILES string of the molecule is CCOC(=O)CN1CCN(c2ccc(F)cc2)CC1. The number of halogens is 1. The second-order valence-electron chi connectivity index (χ2n) is 4.54. The van der Waals surface area contributed by atoms with Crippen molar-refractivity contribution in [2.75, 3.05) is 44.2 Å². The number of piperazine rings is 1. The molecule has 1 saturated heterocycles. The molecular formula is C14H19FN2O2. The standard InChI is InChI=1S/C14H19FN2O2/c1-2-19-14(18)11-16-7-9-17(10-8-16)13-5-3-12(15)4-6-13/h3-6H,2,7-11H2,1H3. The molecule has 0 spiro atoms. The minimum atomic E-state index is -0.218. The molecule has 1 fully saturated rings. The summed E-state index contributed by atoms with van der Waals surface area (Å²) in [5.41, 5.74) is 1.03. The Morgan fingerprint density at radius 2 is 1.84 bits per heavy atom. The first-order valence-corrected chi connectivity index (χ1v) is 6.57. The number of nitrogens with zero attached hydrogens (tertiary/aromatic N) is 2. The summed E-state index contributed by atoms with van der Waals surface area (Å²) in [5.74, 6) is -0.387. The van der Waals surface area contributed by atoms with Crippen molar-refractivity contribution in [2.24, 2.45) is 0 Å². The van der Waals surface area contributed by atoms with E-state index in [1.54, 1.807) is 12.1 Å². The molecule has 1 aromatic carbocycles. The number of anilines is 1. The van der Waals surface area contributed by atoms with E-state index in [-0.39, 0.29) is 11.8 Å². The molecule has 0 atom stereocenters. The molecule has 1 aliphatic rings. The van der Waals surface area contributed by atoms with Crippen molar-refractivity contribution < 1.29 is 13.9 Å². The summed E-state index contributed by atoms with van der Waals surface area (Å²) in [5, 5.41) is 0. The Bertz CT molecular complexity index is 414. The van der Waals surface area contributed by atoms with Crippen molar-refractivity contribution in [1.29, 1.82) is 0 Å². The molecule has 19 heavy (non-hydrogen) atoms. The fourth-order valence-electron chi connectivity index (χ4n) is 2.21. The fourth-order valence-corrected chi connectivity index (χ4v) is 2.21. The summed E-state index contributed by atoms with van der Waals surface area (Å²) in [4.78, 5) is 15.7. The number of hydrogen-bond acceptors (Lipinski definition) is 4. The third-order valence-electron chi connectivity index (χ3n) is 3.22. The molecule has 0 bridgehead atoms. The maximum Gasteiger partial charge on any atom is 0.320 e. The van der Waals surface area contributed by atoms with Gasteiger partial charge in [-0.25, -0.2) is 4.39 Å². The van der Waals surface area contributed by atoms with Crippen LogP contribution in [-0.2, 0) is 9.53 Å². The maximum absolute atomic E-state index is 12.9. The van der Waals surface area contributed by atoms with Crippen LogP contribution in [-0.4, -0.2) is 50.2 Å². The van der Waals surface area contributed by atoms with Gasteiger partial charge in [-0.05, 0) is 31.2 Å². The summed E-state index contributed by atoms with van der Waals surface area (Å²) in [6.45, 7) is 5.90. The summed E-state index contributed by atoms with van der Waals surface area (Å²) < 4.78 is 17.8. The first-order chi connectivity index (χ1) is 9.19. The van der Waals surface area contributed by atoms with Gasteiger partial charge in [-0.1, -0.05) is 0 Å². The van der Waals surface area contributed by atoms with E-state index in [2.05, 4.69) is 9.80 Å². The Labute approximate surface area is 112 Å². The minimum Gasteiger partial charge on any atom is -0.465 e. The van der Waals surface area contributed by atoms with E-state index in [1.165, 1.54) is 12.1 Å². The smallest absolute Gasteiger partial charge is 0.320 e. The zero-order chi connectivity index (χ0) is 13.7. The molecule has 0 N–H and O–H groups in total. The monoisotopic (exact) mass is 266 g/mol. The number of hydrogen-bond donors (Lipinski definition) is 0. The first kappa shape index (κ1) is 13.8. The van der Waals surface area contributed by atoms with Gasteiger partial charge in [0, 0.05) is 31.9 Å². The molecule has 0 radical (unpaired) electrons. The Hall–Kier alpha value is -1.62. The number of ether oxygens (including phenoxy) is 1. The molecule has 0 aromatic heterocycles. The van der Waals surface area contributed by atoms with Crippen LogP contribution in [0.25, 0.3) is 0 Å². The second-order valence-corrected chi connectivity index (χ2v) is 4.54. The van der Waals surface area contributed by atoms with Crippen LogP contribution in [0.2, 0.25) is 0 Å². The molecule has 2 rings (SSSR count). The average molecular weight is 266 g/mol. The molecule has 1 heterocycles. The molecule has 5 heteroatoms. The summed E-state index contributed by atoms with van der Waals surface area (Å²) in [6.07, 6.45) is 0. The van der Waals surface area contributed by atoms with Crippen LogP contribution in [0.5, 0.6) is 0 Å². The summed E-state index contributed by atoms with van der Waals surface area (Å²) >= 11 is 0. The Morgan fingerprint density at radius 1 is 1.21 bits per heavy atom. The van der Waals surface area contributed by atoms with Crippen LogP contribution < -0.4 is 4.90 Å². The van der Waals surface area contributed by atoms with Gasteiger partial charge in [0.1, 0.15) is 5.82 Å². The normalized spacial score (nSPS) is 16.4. The summed E-state index contributed by atoms with van der Waals surface area (Å²) in [7, 11) is 0. The number of rotatable bonds is 4. The molecule has 4 nitrogen and oxygen atoms in total. The topological polar surface area (TPSA) is 32.8 Å². The zero-order valence-corrected chi connectivity index (χ0v) is 11.1. The molecule has 0 unspecified atom stereocenters. The third kappa shape index (κ3) is 3.92. The van der Waals surface area contributed by atoms with Crippen LogP contribution in [0, 0.1) is 5.82 Å². The van der Waals surface area contributed by atoms with Crippen molar-refractivity contribution in [3.05, 3.63) is 30.1 Å². The van der Waals surface area contributed by atoms with Crippen LogP contribution >= 0.6 is 0 Å². The molecule has 0 aliphatic carbocycles. The average Bonchev–Trinajstić information content (AvgIpc) is 2.41. The molecular weight excluding hydrogens is 247 g/mol. The van der Waals surface area contributed by atoms with Crippen LogP contribution in [0.15, 0.2) is 24.3 Å². The van der Waals surface area contributed by atoms with Crippen LogP contribution in [0.4, 0.5) is 10.1 Å². The number of carbonyl (C=O) groups excluding carboxylic acids is 1. The van der Waals surface area contributed by atoms with Crippen molar-refractivity contribution in [3.63, 3.8) is 0 Å². The number of carbonyl (C=O) groups is 1. The van der Waals surface area contributed by atoms with E-state index >= 15 is 0 Å². The van der Waals surface area contributed by atoms with Gasteiger partial charge in [-0.2, -0.15) is 0 Å². The minimum absolute atomic E-state index is 0.169. The maximum atomic E-state index is 12.9. The second kappa shape index (κ2) is 6.52.